The van der Waals surface area contributed by atoms with Crippen LogP contribution in [0.5, 0.6) is 0 Å². The van der Waals surface area contributed by atoms with Crippen LogP contribution in [0.1, 0.15) is 31.2 Å². The lowest BCUT2D eigenvalue weighted by molar-refractivity contribution is 0.794. The van der Waals surface area contributed by atoms with Crippen molar-refractivity contribution < 1.29 is 0 Å². The lowest BCUT2D eigenvalue weighted by atomic mass is 10.1. The number of halogens is 1. The largest absolute Gasteiger partial charge is 0.295 e. The summed E-state index contributed by atoms with van der Waals surface area (Å²) in [6.45, 7) is 2.22. The zero-order valence-electron chi connectivity index (χ0n) is 12.2. The Balaban J connectivity index is 2.03. The zero-order chi connectivity index (χ0) is 14.7. The number of hydrogen-bond acceptors (Lipinski definition) is 1. The van der Waals surface area contributed by atoms with Crippen molar-refractivity contribution in [2.45, 2.75) is 32.1 Å². The number of alkyl halides is 1. The van der Waals surface area contributed by atoms with Gasteiger partial charge in [-0.2, -0.15) is 0 Å². The number of imidazole rings is 1. The molecule has 0 saturated carbocycles. The molecule has 108 valence electrons. The van der Waals surface area contributed by atoms with Crippen LogP contribution in [0.2, 0.25) is 0 Å². The molecule has 2 nitrogen and oxygen atoms in total. The molecule has 3 heteroatoms. The van der Waals surface area contributed by atoms with Crippen molar-refractivity contribution in [3.63, 3.8) is 0 Å². The number of aryl methyl sites for hydroxylation is 1. The van der Waals surface area contributed by atoms with Crippen molar-refractivity contribution in [1.29, 1.82) is 0 Å². The molecule has 0 aliphatic heterocycles. The van der Waals surface area contributed by atoms with E-state index in [1.54, 1.807) is 0 Å². The average Bonchev–Trinajstić information content (AvgIpc) is 2.92. The fourth-order valence-electron chi connectivity index (χ4n) is 2.65. The van der Waals surface area contributed by atoms with E-state index in [0.29, 0.717) is 5.88 Å². The van der Waals surface area contributed by atoms with Gasteiger partial charge < -0.3 is 0 Å². The molecule has 3 aromatic rings. The number of fused-ring (bicyclic) bond motifs is 1. The van der Waals surface area contributed by atoms with E-state index < -0.39 is 0 Å². The summed E-state index contributed by atoms with van der Waals surface area (Å²) in [5.41, 5.74) is 4.61. The van der Waals surface area contributed by atoms with Gasteiger partial charge in [0.05, 0.1) is 16.9 Å². The number of aromatic nitrogens is 2. The van der Waals surface area contributed by atoms with Gasteiger partial charge in [-0.15, -0.1) is 11.6 Å². The lowest BCUT2D eigenvalue weighted by Crippen LogP contribution is -1.99. The van der Waals surface area contributed by atoms with Crippen LogP contribution in [-0.4, -0.2) is 9.55 Å². The predicted molar refractivity (Wildman–Crippen MR) is 89.2 cm³/mol. The highest BCUT2D eigenvalue weighted by atomic mass is 35.5. The number of unbranched alkanes of at least 4 members (excludes halogenated alkanes) is 1. The number of rotatable bonds is 5. The van der Waals surface area contributed by atoms with E-state index in [9.17, 15) is 0 Å². The minimum atomic E-state index is 0.409. The van der Waals surface area contributed by atoms with Crippen molar-refractivity contribution in [2.24, 2.45) is 0 Å². The lowest BCUT2D eigenvalue weighted by Gasteiger charge is -2.09. The van der Waals surface area contributed by atoms with E-state index in [-0.39, 0.29) is 0 Å². The topological polar surface area (TPSA) is 17.8 Å². The smallest absolute Gasteiger partial charge is 0.129 e. The number of para-hydroxylation sites is 2. The molecule has 3 rings (SSSR count). The molecule has 0 unspecified atom stereocenters. The second-order valence-electron chi connectivity index (χ2n) is 5.26. The summed E-state index contributed by atoms with van der Waals surface area (Å²) in [5.74, 6) is 1.30. The molecule has 1 aromatic heterocycles. The molecule has 0 saturated heterocycles. The maximum Gasteiger partial charge on any atom is 0.129 e. The molecule has 0 atom stereocenters. The standard InChI is InChI=1S/C18H19ClN2/c1-2-3-6-14-9-11-15(12-10-14)21-17-8-5-4-7-16(17)20-18(21)13-19/h4-5,7-12H,2-3,6,13H2,1H3. The third-order valence-corrected chi connectivity index (χ3v) is 4.00. The summed E-state index contributed by atoms with van der Waals surface area (Å²) in [6, 6.07) is 16.9. The van der Waals surface area contributed by atoms with Gasteiger partial charge in [0.15, 0.2) is 0 Å². The third kappa shape index (κ3) is 2.81. The van der Waals surface area contributed by atoms with Crippen molar-refractivity contribution >= 4 is 22.6 Å². The van der Waals surface area contributed by atoms with E-state index in [1.807, 2.05) is 18.2 Å². The SMILES string of the molecule is CCCCc1ccc(-n2c(CCl)nc3ccccc32)cc1. The van der Waals surface area contributed by atoms with Gasteiger partial charge in [-0.1, -0.05) is 37.6 Å². The molecular weight excluding hydrogens is 280 g/mol. The first kappa shape index (κ1) is 14.2. The van der Waals surface area contributed by atoms with E-state index in [1.165, 1.54) is 18.4 Å². The van der Waals surface area contributed by atoms with Crippen molar-refractivity contribution in [2.75, 3.05) is 0 Å². The first-order valence-corrected chi connectivity index (χ1v) is 7.98. The second kappa shape index (κ2) is 6.31. The normalized spacial score (nSPS) is 11.1. The van der Waals surface area contributed by atoms with Gasteiger partial charge in [-0.25, -0.2) is 4.98 Å². The molecule has 0 amide bonds. The van der Waals surface area contributed by atoms with E-state index in [0.717, 1.165) is 29.0 Å². The summed E-state index contributed by atoms with van der Waals surface area (Å²) in [7, 11) is 0. The molecule has 0 radical (unpaired) electrons. The highest BCUT2D eigenvalue weighted by Crippen LogP contribution is 2.23. The average molecular weight is 299 g/mol. The summed E-state index contributed by atoms with van der Waals surface area (Å²) in [5, 5.41) is 0. The monoisotopic (exact) mass is 298 g/mol. The van der Waals surface area contributed by atoms with Crippen LogP contribution >= 0.6 is 11.6 Å². The summed E-state index contributed by atoms with van der Waals surface area (Å²) >= 11 is 6.07. The fourth-order valence-corrected chi connectivity index (χ4v) is 2.83. The molecule has 1 heterocycles. The minimum absolute atomic E-state index is 0.409. The molecule has 0 N–H and O–H groups in total. The molecule has 2 aromatic carbocycles. The second-order valence-corrected chi connectivity index (χ2v) is 5.52. The number of benzene rings is 2. The first-order valence-electron chi connectivity index (χ1n) is 7.45. The Labute approximate surface area is 130 Å². The number of nitrogens with zero attached hydrogens (tertiary/aromatic N) is 2. The highest BCUT2D eigenvalue weighted by Gasteiger charge is 2.10. The molecule has 0 bridgehead atoms. The maximum absolute atomic E-state index is 6.07. The summed E-state index contributed by atoms with van der Waals surface area (Å²) in [6.07, 6.45) is 3.61. The van der Waals surface area contributed by atoms with E-state index >= 15 is 0 Å². The van der Waals surface area contributed by atoms with Crippen LogP contribution in [-0.2, 0) is 12.3 Å². The van der Waals surface area contributed by atoms with Gasteiger partial charge in [0.1, 0.15) is 5.82 Å². The molecule has 21 heavy (non-hydrogen) atoms. The van der Waals surface area contributed by atoms with Crippen molar-refractivity contribution in [1.82, 2.24) is 9.55 Å². The molecule has 0 aliphatic rings. The zero-order valence-corrected chi connectivity index (χ0v) is 13.0. The fraction of sp³-hybridized carbons (Fsp3) is 0.278. The molecular formula is C18H19ClN2. The molecule has 0 spiro atoms. The van der Waals surface area contributed by atoms with Gasteiger partial charge in [-0.05, 0) is 42.7 Å². The van der Waals surface area contributed by atoms with Crippen molar-refractivity contribution in [3.05, 3.63) is 59.9 Å². The van der Waals surface area contributed by atoms with Crippen LogP contribution in [0.4, 0.5) is 0 Å². The van der Waals surface area contributed by atoms with Crippen LogP contribution in [0.3, 0.4) is 0 Å². The maximum atomic E-state index is 6.07. The van der Waals surface area contributed by atoms with Gasteiger partial charge in [-0.3, -0.25) is 4.57 Å². The Morgan fingerprint density at radius 1 is 1.05 bits per heavy atom. The van der Waals surface area contributed by atoms with Crippen LogP contribution in [0.25, 0.3) is 16.7 Å². The highest BCUT2D eigenvalue weighted by molar-refractivity contribution is 6.17. The Morgan fingerprint density at radius 3 is 2.52 bits per heavy atom. The van der Waals surface area contributed by atoms with E-state index in [4.69, 9.17) is 11.6 Å². The Bertz CT molecular complexity index is 729. The summed E-state index contributed by atoms with van der Waals surface area (Å²) < 4.78 is 2.14. The van der Waals surface area contributed by atoms with Crippen LogP contribution < -0.4 is 0 Å². The van der Waals surface area contributed by atoms with Crippen molar-refractivity contribution in [3.8, 4) is 5.69 Å². The van der Waals surface area contributed by atoms with E-state index in [2.05, 4.69) is 46.8 Å². The van der Waals surface area contributed by atoms with Gasteiger partial charge in [0, 0.05) is 5.69 Å². The third-order valence-electron chi connectivity index (χ3n) is 3.76. The summed E-state index contributed by atoms with van der Waals surface area (Å²) in [4.78, 5) is 4.61. The Morgan fingerprint density at radius 2 is 1.81 bits per heavy atom. The Hall–Kier alpha value is -1.80. The first-order chi connectivity index (χ1) is 10.3. The van der Waals surface area contributed by atoms with Gasteiger partial charge in [0.2, 0.25) is 0 Å². The van der Waals surface area contributed by atoms with Gasteiger partial charge in [0.25, 0.3) is 0 Å². The minimum Gasteiger partial charge on any atom is -0.295 e. The van der Waals surface area contributed by atoms with Crippen LogP contribution in [0, 0.1) is 0 Å². The molecule has 0 fully saturated rings. The molecule has 0 aliphatic carbocycles. The Kier molecular flexibility index (Phi) is 4.26. The van der Waals surface area contributed by atoms with Gasteiger partial charge >= 0.3 is 0 Å². The number of hydrogen-bond donors (Lipinski definition) is 0. The quantitative estimate of drug-likeness (QED) is 0.599. The predicted octanol–water partition coefficient (Wildman–Crippen LogP) is 5.11. The van der Waals surface area contributed by atoms with Crippen LogP contribution in [0.15, 0.2) is 48.5 Å².